The van der Waals surface area contributed by atoms with E-state index < -0.39 is 0 Å². The lowest BCUT2D eigenvalue weighted by Gasteiger charge is -2.10. The van der Waals surface area contributed by atoms with Crippen LogP contribution in [0, 0.1) is 0 Å². The molecule has 0 saturated heterocycles. The lowest BCUT2D eigenvalue weighted by molar-refractivity contribution is 0.801. The lowest BCUT2D eigenvalue weighted by Crippen LogP contribution is -2.37. The number of benzene rings is 1. The van der Waals surface area contributed by atoms with E-state index >= 15 is 0 Å². The molecular formula is C16H18ClN3S. The van der Waals surface area contributed by atoms with E-state index in [2.05, 4.69) is 21.7 Å². The van der Waals surface area contributed by atoms with Gasteiger partial charge in [-0.05, 0) is 54.4 Å². The molecule has 0 radical (unpaired) electrons. The van der Waals surface area contributed by atoms with Crippen LogP contribution in [0.3, 0.4) is 0 Å². The fraction of sp³-hybridized carbons (Fsp3) is 0.250. The number of hydrogen-bond donors (Lipinski definition) is 2. The molecule has 0 unspecified atom stereocenters. The number of pyridine rings is 1. The fourth-order valence-electron chi connectivity index (χ4n) is 1.90. The van der Waals surface area contributed by atoms with Gasteiger partial charge in [-0.25, -0.2) is 0 Å². The highest BCUT2D eigenvalue weighted by Crippen LogP contribution is 2.09. The average molecular weight is 320 g/mol. The van der Waals surface area contributed by atoms with Gasteiger partial charge in [0.15, 0.2) is 5.11 Å². The van der Waals surface area contributed by atoms with E-state index in [1.54, 1.807) is 6.20 Å². The number of thiocarbonyl (C=S) groups is 1. The third-order valence-electron chi connectivity index (χ3n) is 3.03. The van der Waals surface area contributed by atoms with Gasteiger partial charge in [-0.1, -0.05) is 29.8 Å². The second-order valence-electron chi connectivity index (χ2n) is 4.67. The van der Waals surface area contributed by atoms with Crippen LogP contribution in [-0.2, 0) is 12.8 Å². The van der Waals surface area contributed by atoms with E-state index in [-0.39, 0.29) is 0 Å². The minimum Gasteiger partial charge on any atom is -0.362 e. The van der Waals surface area contributed by atoms with Crippen LogP contribution in [0.2, 0.25) is 5.02 Å². The third kappa shape index (κ3) is 6.10. The number of halogens is 1. The molecule has 2 aromatic rings. The van der Waals surface area contributed by atoms with Crippen molar-refractivity contribution in [3.05, 3.63) is 64.9 Å². The standard InChI is InChI=1S/C16H18ClN3S/c17-15-5-3-13(4-6-15)7-10-19-16(21)20-11-8-14-2-1-9-18-12-14/h1-6,9,12H,7-8,10-11H2,(H2,19,20,21). The van der Waals surface area contributed by atoms with E-state index in [9.17, 15) is 0 Å². The van der Waals surface area contributed by atoms with Gasteiger partial charge in [-0.15, -0.1) is 0 Å². The van der Waals surface area contributed by atoms with Gasteiger partial charge in [0.2, 0.25) is 0 Å². The molecule has 1 aromatic carbocycles. The van der Waals surface area contributed by atoms with E-state index in [1.807, 2.05) is 36.5 Å². The summed E-state index contributed by atoms with van der Waals surface area (Å²) in [7, 11) is 0. The highest BCUT2D eigenvalue weighted by molar-refractivity contribution is 7.80. The first-order chi connectivity index (χ1) is 10.2. The van der Waals surface area contributed by atoms with E-state index in [1.165, 1.54) is 11.1 Å². The smallest absolute Gasteiger partial charge is 0.166 e. The first-order valence-corrected chi connectivity index (χ1v) is 7.68. The first-order valence-electron chi connectivity index (χ1n) is 6.89. The minimum absolute atomic E-state index is 0.688. The topological polar surface area (TPSA) is 37.0 Å². The molecule has 5 heteroatoms. The summed E-state index contributed by atoms with van der Waals surface area (Å²) in [6.07, 6.45) is 5.48. The van der Waals surface area contributed by atoms with Crippen LogP contribution in [0.25, 0.3) is 0 Å². The van der Waals surface area contributed by atoms with Gasteiger partial charge in [0.1, 0.15) is 0 Å². The molecule has 21 heavy (non-hydrogen) atoms. The summed E-state index contributed by atoms with van der Waals surface area (Å²) < 4.78 is 0. The molecule has 0 bridgehead atoms. The van der Waals surface area contributed by atoms with Gasteiger partial charge < -0.3 is 10.6 Å². The Labute approximate surface area is 135 Å². The number of aromatic nitrogens is 1. The normalized spacial score (nSPS) is 10.1. The molecule has 0 saturated carbocycles. The largest absolute Gasteiger partial charge is 0.362 e. The van der Waals surface area contributed by atoms with Crippen LogP contribution < -0.4 is 10.6 Å². The molecule has 0 aliphatic carbocycles. The first kappa shape index (κ1) is 15.7. The van der Waals surface area contributed by atoms with Crippen molar-refractivity contribution in [1.82, 2.24) is 15.6 Å². The summed E-state index contributed by atoms with van der Waals surface area (Å²) in [6.45, 7) is 1.61. The van der Waals surface area contributed by atoms with Crippen molar-refractivity contribution in [3.63, 3.8) is 0 Å². The number of nitrogens with one attached hydrogen (secondary N) is 2. The zero-order valence-corrected chi connectivity index (χ0v) is 13.3. The summed E-state index contributed by atoms with van der Waals surface area (Å²) in [5.41, 5.74) is 2.44. The molecule has 0 aliphatic heterocycles. The van der Waals surface area contributed by atoms with Crippen molar-refractivity contribution in [3.8, 4) is 0 Å². The molecule has 0 spiro atoms. The molecule has 0 amide bonds. The summed E-state index contributed by atoms with van der Waals surface area (Å²) >= 11 is 11.1. The van der Waals surface area contributed by atoms with Crippen molar-refractivity contribution in [2.24, 2.45) is 0 Å². The van der Waals surface area contributed by atoms with Gasteiger partial charge in [-0.3, -0.25) is 4.98 Å². The van der Waals surface area contributed by atoms with Gasteiger partial charge in [0.05, 0.1) is 0 Å². The van der Waals surface area contributed by atoms with Crippen LogP contribution in [0.1, 0.15) is 11.1 Å². The third-order valence-corrected chi connectivity index (χ3v) is 3.58. The van der Waals surface area contributed by atoms with E-state index in [0.717, 1.165) is 31.0 Å². The summed E-state index contributed by atoms with van der Waals surface area (Å²) in [6, 6.07) is 11.9. The predicted molar refractivity (Wildman–Crippen MR) is 91.7 cm³/mol. The molecule has 1 aromatic heterocycles. The fourth-order valence-corrected chi connectivity index (χ4v) is 2.23. The minimum atomic E-state index is 0.688. The van der Waals surface area contributed by atoms with Gasteiger partial charge in [-0.2, -0.15) is 0 Å². The van der Waals surface area contributed by atoms with E-state index in [4.69, 9.17) is 23.8 Å². The maximum Gasteiger partial charge on any atom is 0.166 e. The van der Waals surface area contributed by atoms with Crippen molar-refractivity contribution in [2.45, 2.75) is 12.8 Å². The van der Waals surface area contributed by atoms with E-state index in [0.29, 0.717) is 5.11 Å². The molecule has 0 aliphatic rings. The highest BCUT2D eigenvalue weighted by atomic mass is 35.5. The molecule has 0 atom stereocenters. The Morgan fingerprint density at radius 3 is 2.29 bits per heavy atom. The SMILES string of the molecule is S=C(NCCc1ccc(Cl)cc1)NCCc1cccnc1. The molecular weight excluding hydrogens is 302 g/mol. The predicted octanol–water partition coefficient (Wildman–Crippen LogP) is 2.98. The average Bonchev–Trinajstić information content (AvgIpc) is 2.50. The van der Waals surface area contributed by atoms with Crippen LogP contribution in [0.5, 0.6) is 0 Å². The second-order valence-corrected chi connectivity index (χ2v) is 5.52. The van der Waals surface area contributed by atoms with Crippen molar-refractivity contribution in [1.29, 1.82) is 0 Å². The van der Waals surface area contributed by atoms with Crippen molar-refractivity contribution >= 4 is 28.9 Å². The van der Waals surface area contributed by atoms with Crippen molar-refractivity contribution < 1.29 is 0 Å². The lowest BCUT2D eigenvalue weighted by atomic mass is 10.1. The van der Waals surface area contributed by atoms with Gasteiger partial charge >= 0.3 is 0 Å². The van der Waals surface area contributed by atoms with Crippen LogP contribution in [0.15, 0.2) is 48.8 Å². The van der Waals surface area contributed by atoms with Crippen molar-refractivity contribution in [2.75, 3.05) is 13.1 Å². The maximum atomic E-state index is 5.85. The Balaban J connectivity index is 1.60. The van der Waals surface area contributed by atoms with Crippen LogP contribution >= 0.6 is 23.8 Å². The molecule has 3 nitrogen and oxygen atoms in total. The molecule has 2 N–H and O–H groups in total. The Morgan fingerprint density at radius 1 is 1.00 bits per heavy atom. The summed E-state index contributed by atoms with van der Waals surface area (Å²) in [5, 5.41) is 7.85. The Morgan fingerprint density at radius 2 is 1.67 bits per heavy atom. The number of hydrogen-bond acceptors (Lipinski definition) is 2. The Kier molecular flexibility index (Phi) is 6.44. The summed E-state index contributed by atoms with van der Waals surface area (Å²) in [4.78, 5) is 4.09. The van der Waals surface area contributed by atoms with Gasteiger partial charge in [0.25, 0.3) is 0 Å². The zero-order chi connectivity index (χ0) is 14.9. The number of nitrogens with zero attached hydrogens (tertiary/aromatic N) is 1. The highest BCUT2D eigenvalue weighted by Gasteiger charge is 1.97. The maximum absolute atomic E-state index is 5.85. The second kappa shape index (κ2) is 8.60. The quantitative estimate of drug-likeness (QED) is 0.803. The van der Waals surface area contributed by atoms with Crippen LogP contribution in [-0.4, -0.2) is 23.2 Å². The van der Waals surface area contributed by atoms with Gasteiger partial charge in [0, 0.05) is 30.5 Å². The Hall–Kier alpha value is -1.65. The monoisotopic (exact) mass is 319 g/mol. The zero-order valence-electron chi connectivity index (χ0n) is 11.7. The summed E-state index contributed by atoms with van der Waals surface area (Å²) in [5.74, 6) is 0. The van der Waals surface area contributed by atoms with Crippen LogP contribution in [0.4, 0.5) is 0 Å². The number of rotatable bonds is 6. The molecule has 110 valence electrons. The molecule has 0 fully saturated rings. The molecule has 1 heterocycles. The Bertz CT molecular complexity index is 557. The molecule has 2 rings (SSSR count).